The predicted octanol–water partition coefficient (Wildman–Crippen LogP) is 5.06. The van der Waals surface area contributed by atoms with Gasteiger partial charge in [0.1, 0.15) is 0 Å². The van der Waals surface area contributed by atoms with Crippen LogP contribution in [0.25, 0.3) is 11.1 Å². The van der Waals surface area contributed by atoms with Crippen molar-refractivity contribution in [1.29, 1.82) is 0 Å². The molecule has 2 aromatic rings. The molecule has 1 aromatic carbocycles. The van der Waals surface area contributed by atoms with Crippen molar-refractivity contribution >= 4 is 5.88 Å². The maximum Gasteiger partial charge on any atom is 0.230 e. The summed E-state index contributed by atoms with van der Waals surface area (Å²) >= 11 is 0. The standard InChI is InChI=1S/C18H24N2O/c1-13-9-11-14(12-10-13)16-17(20-21-18(16)19)15-7-5-3-2-4-6-8-15/h9-12,15H,2-8,19H2,1H3. The van der Waals surface area contributed by atoms with Crippen molar-refractivity contribution in [2.75, 3.05) is 5.73 Å². The molecule has 1 fully saturated rings. The summed E-state index contributed by atoms with van der Waals surface area (Å²) in [5.74, 6) is 0.943. The molecule has 1 aromatic heterocycles. The normalized spacial score (nSPS) is 17.4. The van der Waals surface area contributed by atoms with E-state index in [4.69, 9.17) is 10.3 Å². The Morgan fingerprint density at radius 2 is 1.62 bits per heavy atom. The number of aryl methyl sites for hydroxylation is 1. The van der Waals surface area contributed by atoms with Crippen LogP contribution in [0.3, 0.4) is 0 Å². The lowest BCUT2D eigenvalue weighted by Crippen LogP contribution is -2.04. The second kappa shape index (κ2) is 6.33. The van der Waals surface area contributed by atoms with Crippen LogP contribution >= 0.6 is 0 Å². The van der Waals surface area contributed by atoms with Crippen LogP contribution in [0.4, 0.5) is 5.88 Å². The molecule has 1 heterocycles. The molecule has 3 heteroatoms. The van der Waals surface area contributed by atoms with Crippen LogP contribution in [0.15, 0.2) is 28.8 Å². The van der Waals surface area contributed by atoms with Crippen LogP contribution < -0.4 is 5.73 Å². The Labute approximate surface area is 126 Å². The van der Waals surface area contributed by atoms with E-state index in [0.717, 1.165) is 16.8 Å². The highest BCUT2D eigenvalue weighted by Gasteiger charge is 2.24. The van der Waals surface area contributed by atoms with Crippen LogP contribution in [-0.2, 0) is 0 Å². The van der Waals surface area contributed by atoms with E-state index < -0.39 is 0 Å². The topological polar surface area (TPSA) is 52.0 Å². The minimum atomic E-state index is 0.455. The van der Waals surface area contributed by atoms with Gasteiger partial charge >= 0.3 is 0 Å². The van der Waals surface area contributed by atoms with Gasteiger partial charge in [-0.05, 0) is 25.3 Å². The smallest absolute Gasteiger partial charge is 0.230 e. The van der Waals surface area contributed by atoms with Crippen molar-refractivity contribution in [3.8, 4) is 11.1 Å². The summed E-state index contributed by atoms with van der Waals surface area (Å²) in [5, 5.41) is 4.31. The van der Waals surface area contributed by atoms with Crippen molar-refractivity contribution in [3.63, 3.8) is 0 Å². The van der Waals surface area contributed by atoms with Gasteiger partial charge in [0, 0.05) is 5.92 Å². The molecule has 21 heavy (non-hydrogen) atoms. The Morgan fingerprint density at radius 3 is 2.29 bits per heavy atom. The van der Waals surface area contributed by atoms with E-state index in [1.54, 1.807) is 0 Å². The van der Waals surface area contributed by atoms with Crippen molar-refractivity contribution < 1.29 is 4.52 Å². The molecule has 1 aliphatic carbocycles. The molecule has 1 aliphatic rings. The molecule has 0 unspecified atom stereocenters. The Bertz CT molecular complexity index is 578. The Kier molecular flexibility index (Phi) is 4.28. The van der Waals surface area contributed by atoms with Gasteiger partial charge in [0.05, 0.1) is 11.3 Å². The minimum Gasteiger partial charge on any atom is -0.367 e. The monoisotopic (exact) mass is 284 g/mol. The number of anilines is 1. The van der Waals surface area contributed by atoms with Gasteiger partial charge in [-0.3, -0.25) is 0 Å². The number of nitrogens with zero attached hydrogens (tertiary/aromatic N) is 1. The van der Waals surface area contributed by atoms with Gasteiger partial charge in [-0.1, -0.05) is 67.1 Å². The summed E-state index contributed by atoms with van der Waals surface area (Å²) in [5.41, 5.74) is 10.5. The molecule has 0 spiro atoms. The SMILES string of the molecule is Cc1ccc(-c2c(C3CCCCCCC3)noc2N)cc1. The molecule has 1 saturated carbocycles. The summed E-state index contributed by atoms with van der Waals surface area (Å²) in [6.45, 7) is 2.09. The zero-order chi connectivity index (χ0) is 14.7. The second-order valence-corrected chi connectivity index (χ2v) is 6.22. The summed E-state index contributed by atoms with van der Waals surface area (Å²) in [6.07, 6.45) is 9.01. The number of hydrogen-bond acceptors (Lipinski definition) is 3. The fourth-order valence-electron chi connectivity index (χ4n) is 3.33. The van der Waals surface area contributed by atoms with Gasteiger partial charge in [-0.2, -0.15) is 0 Å². The number of hydrogen-bond donors (Lipinski definition) is 1. The van der Waals surface area contributed by atoms with E-state index in [1.165, 1.54) is 50.5 Å². The molecule has 0 aliphatic heterocycles. The number of aromatic nitrogens is 1. The van der Waals surface area contributed by atoms with E-state index in [1.807, 2.05) is 0 Å². The van der Waals surface area contributed by atoms with E-state index in [0.29, 0.717) is 11.8 Å². The zero-order valence-electron chi connectivity index (χ0n) is 12.8. The van der Waals surface area contributed by atoms with Gasteiger partial charge in [-0.15, -0.1) is 0 Å². The van der Waals surface area contributed by atoms with Gasteiger partial charge in [0.2, 0.25) is 5.88 Å². The van der Waals surface area contributed by atoms with Crippen LogP contribution in [0, 0.1) is 6.92 Å². The fraction of sp³-hybridized carbons (Fsp3) is 0.500. The average molecular weight is 284 g/mol. The Morgan fingerprint density at radius 1 is 1.00 bits per heavy atom. The summed E-state index contributed by atoms with van der Waals surface area (Å²) in [6, 6.07) is 8.46. The molecule has 112 valence electrons. The summed E-state index contributed by atoms with van der Waals surface area (Å²) in [4.78, 5) is 0. The first kappa shape index (κ1) is 14.2. The Hall–Kier alpha value is -1.77. The molecule has 3 rings (SSSR count). The van der Waals surface area contributed by atoms with Crippen LogP contribution in [0.5, 0.6) is 0 Å². The molecule has 0 amide bonds. The molecular formula is C18H24N2O. The molecule has 0 bridgehead atoms. The summed E-state index contributed by atoms with van der Waals surface area (Å²) in [7, 11) is 0. The van der Waals surface area contributed by atoms with E-state index in [-0.39, 0.29) is 0 Å². The zero-order valence-corrected chi connectivity index (χ0v) is 12.8. The number of benzene rings is 1. The third kappa shape index (κ3) is 3.12. The Balaban J connectivity index is 1.93. The van der Waals surface area contributed by atoms with Crippen molar-refractivity contribution in [3.05, 3.63) is 35.5 Å². The van der Waals surface area contributed by atoms with Crippen molar-refractivity contribution in [1.82, 2.24) is 5.16 Å². The quantitative estimate of drug-likeness (QED) is 0.838. The van der Waals surface area contributed by atoms with Gasteiger partial charge in [-0.25, -0.2) is 0 Å². The largest absolute Gasteiger partial charge is 0.367 e. The van der Waals surface area contributed by atoms with Gasteiger partial charge in [0.25, 0.3) is 0 Å². The third-order valence-electron chi connectivity index (χ3n) is 4.58. The first-order valence-electron chi connectivity index (χ1n) is 8.08. The first-order valence-corrected chi connectivity index (χ1v) is 8.08. The van der Waals surface area contributed by atoms with E-state index in [2.05, 4.69) is 36.3 Å². The number of nitrogen functional groups attached to an aromatic ring is 1. The predicted molar refractivity (Wildman–Crippen MR) is 86.1 cm³/mol. The second-order valence-electron chi connectivity index (χ2n) is 6.22. The highest BCUT2D eigenvalue weighted by atomic mass is 16.5. The highest BCUT2D eigenvalue weighted by Crippen LogP contribution is 2.39. The lowest BCUT2D eigenvalue weighted by Gasteiger charge is -2.18. The molecular weight excluding hydrogens is 260 g/mol. The highest BCUT2D eigenvalue weighted by molar-refractivity contribution is 5.75. The molecule has 0 saturated heterocycles. The molecule has 0 radical (unpaired) electrons. The van der Waals surface area contributed by atoms with Gasteiger partial charge < -0.3 is 10.3 Å². The van der Waals surface area contributed by atoms with E-state index >= 15 is 0 Å². The molecule has 3 nitrogen and oxygen atoms in total. The van der Waals surface area contributed by atoms with Crippen molar-refractivity contribution in [2.45, 2.75) is 57.8 Å². The van der Waals surface area contributed by atoms with E-state index in [9.17, 15) is 0 Å². The lowest BCUT2D eigenvalue weighted by atomic mass is 9.86. The number of nitrogens with two attached hydrogens (primary N) is 1. The first-order chi connectivity index (χ1) is 10.3. The molecule has 2 N–H and O–H groups in total. The van der Waals surface area contributed by atoms with Gasteiger partial charge in [0.15, 0.2) is 0 Å². The maximum atomic E-state index is 6.06. The summed E-state index contributed by atoms with van der Waals surface area (Å²) < 4.78 is 5.33. The van der Waals surface area contributed by atoms with Crippen LogP contribution in [-0.4, -0.2) is 5.16 Å². The molecule has 0 atom stereocenters. The van der Waals surface area contributed by atoms with Crippen LogP contribution in [0.2, 0.25) is 0 Å². The minimum absolute atomic E-state index is 0.455. The maximum absolute atomic E-state index is 6.06. The van der Waals surface area contributed by atoms with Crippen LogP contribution in [0.1, 0.15) is 62.1 Å². The fourth-order valence-corrected chi connectivity index (χ4v) is 3.33. The van der Waals surface area contributed by atoms with Crippen molar-refractivity contribution in [2.24, 2.45) is 0 Å². The average Bonchev–Trinajstić information content (AvgIpc) is 2.81. The number of rotatable bonds is 2. The lowest BCUT2D eigenvalue weighted by molar-refractivity contribution is 0.395. The third-order valence-corrected chi connectivity index (χ3v) is 4.58.